The van der Waals surface area contributed by atoms with Crippen molar-refractivity contribution in [3.8, 4) is 0 Å². The van der Waals surface area contributed by atoms with Crippen molar-refractivity contribution in [2.45, 2.75) is 373 Å². The molecule has 0 heterocycles. The zero-order valence-electron chi connectivity index (χ0n) is 51.0. The average molecular weight is 1070 g/mol. The summed E-state index contributed by atoms with van der Waals surface area (Å²) >= 11 is 0. The molecule has 0 aromatic carbocycles. The van der Waals surface area contributed by atoms with Crippen LogP contribution in [0.25, 0.3) is 0 Å². The van der Waals surface area contributed by atoms with Crippen molar-refractivity contribution in [3.63, 3.8) is 0 Å². The van der Waals surface area contributed by atoms with Gasteiger partial charge in [-0.1, -0.05) is 313 Å². The fourth-order valence-electron chi connectivity index (χ4n) is 10.4. The summed E-state index contributed by atoms with van der Waals surface area (Å²) in [6.45, 7) is 4.85. The van der Waals surface area contributed by atoms with Gasteiger partial charge in [0.25, 0.3) is 0 Å². The number of carbonyl (C=O) groups is 2. The lowest BCUT2D eigenvalue weighted by Crippen LogP contribution is -2.45. The van der Waals surface area contributed by atoms with Gasteiger partial charge in [0.1, 0.15) is 0 Å². The molecular formula is C70H131NO5. The monoisotopic (exact) mass is 1070 g/mol. The zero-order valence-corrected chi connectivity index (χ0v) is 51.0. The highest BCUT2D eigenvalue weighted by atomic mass is 16.5. The maximum Gasteiger partial charge on any atom is 0.305 e. The van der Waals surface area contributed by atoms with Crippen molar-refractivity contribution < 1.29 is 24.5 Å². The average Bonchev–Trinajstić information content (AvgIpc) is 3.42. The molecule has 0 spiro atoms. The van der Waals surface area contributed by atoms with E-state index in [2.05, 4.69) is 55.6 Å². The number of ether oxygens (including phenoxy) is 1. The number of rotatable bonds is 63. The van der Waals surface area contributed by atoms with Crippen LogP contribution < -0.4 is 5.32 Å². The molecule has 0 aliphatic rings. The Bertz CT molecular complexity index is 1270. The number of unbranched alkanes of at least 4 members (excludes halogenated alkanes) is 46. The van der Waals surface area contributed by atoms with E-state index in [0.29, 0.717) is 19.4 Å². The van der Waals surface area contributed by atoms with Crippen LogP contribution in [0.1, 0.15) is 361 Å². The summed E-state index contributed by atoms with van der Waals surface area (Å²) in [7, 11) is 0. The first kappa shape index (κ1) is 73.8. The number of hydrogen-bond donors (Lipinski definition) is 3. The molecule has 446 valence electrons. The van der Waals surface area contributed by atoms with E-state index in [1.165, 1.54) is 283 Å². The number of hydrogen-bond acceptors (Lipinski definition) is 5. The Kier molecular flexibility index (Phi) is 63.5. The molecule has 0 bridgehead atoms. The van der Waals surface area contributed by atoms with Crippen molar-refractivity contribution in [2.75, 3.05) is 13.2 Å². The smallest absolute Gasteiger partial charge is 0.305 e. The molecule has 0 fully saturated rings. The molecule has 76 heavy (non-hydrogen) atoms. The van der Waals surface area contributed by atoms with Crippen LogP contribution >= 0.6 is 0 Å². The Hall–Kier alpha value is -2.18. The largest absolute Gasteiger partial charge is 0.466 e. The molecule has 2 unspecified atom stereocenters. The number of esters is 1. The number of allylic oxidation sites excluding steroid dienone is 7. The quantitative estimate of drug-likeness (QED) is 0.0320. The second-order valence-corrected chi connectivity index (χ2v) is 23.1. The predicted octanol–water partition coefficient (Wildman–Crippen LogP) is 21.7. The zero-order chi connectivity index (χ0) is 55.0. The van der Waals surface area contributed by atoms with E-state index in [9.17, 15) is 19.8 Å². The van der Waals surface area contributed by atoms with Crippen LogP contribution in [-0.4, -0.2) is 47.4 Å². The first-order valence-electron chi connectivity index (χ1n) is 33.9. The van der Waals surface area contributed by atoms with Gasteiger partial charge in [-0.25, -0.2) is 0 Å². The van der Waals surface area contributed by atoms with Crippen LogP contribution in [0.5, 0.6) is 0 Å². The SMILES string of the molecule is CCCC/C=C\CCCCCCCC(=O)OCCCCCCCCCCCCCCCCC/C=C\C/C=C\CCCCCCCCCCCCCCCCCCCC(=O)NC(CO)C(O)/C=C/CCCCCCCCC. The molecular weight excluding hydrogens is 935 g/mol. The highest BCUT2D eigenvalue weighted by molar-refractivity contribution is 5.76. The summed E-state index contributed by atoms with van der Waals surface area (Å²) in [6, 6.07) is -0.623. The summed E-state index contributed by atoms with van der Waals surface area (Å²) in [5.41, 5.74) is 0. The van der Waals surface area contributed by atoms with Gasteiger partial charge in [0, 0.05) is 12.8 Å². The molecule has 6 nitrogen and oxygen atoms in total. The second-order valence-electron chi connectivity index (χ2n) is 23.1. The summed E-state index contributed by atoms with van der Waals surface area (Å²) in [5.74, 6) is -0.0582. The third-order valence-corrected chi connectivity index (χ3v) is 15.6. The van der Waals surface area contributed by atoms with Crippen molar-refractivity contribution >= 4 is 11.9 Å². The van der Waals surface area contributed by atoms with E-state index < -0.39 is 12.1 Å². The first-order chi connectivity index (χ1) is 37.5. The van der Waals surface area contributed by atoms with Gasteiger partial charge >= 0.3 is 5.97 Å². The van der Waals surface area contributed by atoms with Gasteiger partial charge in [-0.15, -0.1) is 0 Å². The fourth-order valence-corrected chi connectivity index (χ4v) is 10.4. The molecule has 0 rings (SSSR count). The molecule has 6 heteroatoms. The summed E-state index contributed by atoms with van der Waals surface area (Å²) in [4.78, 5) is 24.4. The lowest BCUT2D eigenvalue weighted by molar-refractivity contribution is -0.143. The standard InChI is InChI=1S/C70H131NO5/c1-3-5-7-9-11-13-43-48-52-56-60-64-70(75)76-65-61-57-53-49-45-42-40-38-36-34-32-30-28-26-24-22-20-18-16-14-15-17-19-21-23-25-27-29-31-33-35-37-39-41-44-47-51-55-59-63-69(74)71-67(66-72)68(73)62-58-54-50-46-12-10-8-6-4-2/h9,11,14-15,18,20,58,62,67-68,72-73H,3-8,10,12-13,16-17,19,21-57,59-61,63-66H2,1-2H3,(H,71,74)/b11-9-,15-14-,20-18-,62-58+. The predicted molar refractivity (Wildman–Crippen MR) is 333 cm³/mol. The Labute approximate surface area is 474 Å². The Morgan fingerprint density at radius 1 is 0.368 bits per heavy atom. The van der Waals surface area contributed by atoms with Crippen LogP contribution in [0, 0.1) is 0 Å². The van der Waals surface area contributed by atoms with Gasteiger partial charge < -0.3 is 20.3 Å². The van der Waals surface area contributed by atoms with E-state index in [1.54, 1.807) is 6.08 Å². The molecule has 0 radical (unpaired) electrons. The maximum atomic E-state index is 12.4. The van der Waals surface area contributed by atoms with E-state index in [4.69, 9.17) is 4.74 Å². The molecule has 0 saturated carbocycles. The summed E-state index contributed by atoms with van der Waals surface area (Å²) in [5, 5.41) is 23.0. The normalized spacial score (nSPS) is 12.8. The van der Waals surface area contributed by atoms with Crippen LogP contribution in [0.2, 0.25) is 0 Å². The lowest BCUT2D eigenvalue weighted by atomic mass is 10.0. The molecule has 0 aliphatic carbocycles. The minimum Gasteiger partial charge on any atom is -0.466 e. The lowest BCUT2D eigenvalue weighted by Gasteiger charge is -2.20. The Morgan fingerprint density at radius 3 is 1.05 bits per heavy atom. The van der Waals surface area contributed by atoms with Gasteiger partial charge in [0.2, 0.25) is 5.91 Å². The number of nitrogens with one attached hydrogen (secondary N) is 1. The van der Waals surface area contributed by atoms with E-state index in [0.717, 1.165) is 51.4 Å². The molecule has 1 amide bonds. The van der Waals surface area contributed by atoms with E-state index >= 15 is 0 Å². The van der Waals surface area contributed by atoms with Gasteiger partial charge in [0.15, 0.2) is 0 Å². The van der Waals surface area contributed by atoms with Crippen molar-refractivity contribution in [3.05, 3.63) is 48.6 Å². The maximum absolute atomic E-state index is 12.4. The summed E-state index contributed by atoms with van der Waals surface area (Å²) in [6.07, 6.45) is 85.0. The molecule has 0 aliphatic heterocycles. The number of aliphatic hydroxyl groups excluding tert-OH is 2. The number of carbonyl (C=O) groups excluding carboxylic acids is 2. The van der Waals surface area contributed by atoms with Gasteiger partial charge in [-0.2, -0.15) is 0 Å². The Balaban J connectivity index is 3.34. The third-order valence-electron chi connectivity index (χ3n) is 15.6. The van der Waals surface area contributed by atoms with Crippen LogP contribution in [0.4, 0.5) is 0 Å². The summed E-state index contributed by atoms with van der Waals surface area (Å²) < 4.78 is 5.47. The second kappa shape index (κ2) is 65.3. The van der Waals surface area contributed by atoms with E-state index in [1.807, 2.05) is 6.08 Å². The van der Waals surface area contributed by atoms with Crippen LogP contribution in [0.3, 0.4) is 0 Å². The highest BCUT2D eigenvalue weighted by Gasteiger charge is 2.18. The van der Waals surface area contributed by atoms with Gasteiger partial charge in [0.05, 0.1) is 25.4 Å². The molecule has 0 saturated heterocycles. The molecule has 0 aromatic heterocycles. The van der Waals surface area contributed by atoms with Gasteiger partial charge in [-0.3, -0.25) is 9.59 Å². The van der Waals surface area contributed by atoms with Crippen LogP contribution in [0.15, 0.2) is 48.6 Å². The van der Waals surface area contributed by atoms with Crippen molar-refractivity contribution in [1.82, 2.24) is 5.32 Å². The fraction of sp³-hybridized carbons (Fsp3) is 0.857. The molecule has 0 aromatic rings. The van der Waals surface area contributed by atoms with Crippen LogP contribution in [-0.2, 0) is 14.3 Å². The first-order valence-corrected chi connectivity index (χ1v) is 33.9. The minimum atomic E-state index is -0.840. The van der Waals surface area contributed by atoms with Crippen molar-refractivity contribution in [2.24, 2.45) is 0 Å². The Morgan fingerprint density at radius 2 is 0.671 bits per heavy atom. The van der Waals surface area contributed by atoms with E-state index in [-0.39, 0.29) is 18.5 Å². The molecule has 2 atom stereocenters. The topological polar surface area (TPSA) is 95.9 Å². The third kappa shape index (κ3) is 61.0. The molecule has 3 N–H and O–H groups in total. The minimum absolute atomic E-state index is 0.00873. The number of amides is 1. The van der Waals surface area contributed by atoms with Gasteiger partial charge in [-0.05, 0) is 83.5 Å². The highest BCUT2D eigenvalue weighted by Crippen LogP contribution is 2.18. The number of aliphatic hydroxyl groups is 2. The van der Waals surface area contributed by atoms with Crippen molar-refractivity contribution in [1.29, 1.82) is 0 Å².